The molecule has 2 rings (SSSR count). The maximum Gasteiger partial charge on any atom is 0.231 e. The van der Waals surface area contributed by atoms with Crippen LogP contribution in [0.3, 0.4) is 0 Å². The number of anilines is 1. The molecule has 1 fully saturated rings. The molecular formula is C15H23N3O. The van der Waals surface area contributed by atoms with E-state index in [9.17, 15) is 4.79 Å². The molecule has 1 atom stereocenters. The van der Waals surface area contributed by atoms with E-state index >= 15 is 0 Å². The Hall–Kier alpha value is -1.55. The Balaban J connectivity index is 2.18. The lowest BCUT2D eigenvalue weighted by Crippen LogP contribution is -2.41. The molecule has 0 radical (unpaired) electrons. The largest absolute Gasteiger partial charge is 0.399 e. The maximum absolute atomic E-state index is 11.3. The lowest BCUT2D eigenvalue weighted by Gasteiger charge is -2.33. The second-order valence-corrected chi connectivity index (χ2v) is 5.42. The molecule has 0 heterocycles. The molecule has 0 aromatic heterocycles. The summed E-state index contributed by atoms with van der Waals surface area (Å²) in [6.45, 7) is 2.44. The molecule has 19 heavy (non-hydrogen) atoms. The first-order chi connectivity index (χ1) is 9.08. The number of carbonyl (C=O) groups excluding carboxylic acids is 1. The van der Waals surface area contributed by atoms with Crippen molar-refractivity contribution >= 4 is 11.6 Å². The molecule has 4 N–H and O–H groups in total. The third kappa shape index (κ3) is 3.47. The third-order valence-corrected chi connectivity index (χ3v) is 4.02. The molecule has 1 aliphatic carbocycles. The number of nitrogens with zero attached hydrogens (tertiary/aromatic N) is 1. The van der Waals surface area contributed by atoms with Crippen molar-refractivity contribution in [1.82, 2.24) is 4.90 Å². The van der Waals surface area contributed by atoms with E-state index in [0.29, 0.717) is 12.6 Å². The zero-order valence-corrected chi connectivity index (χ0v) is 11.5. The summed E-state index contributed by atoms with van der Waals surface area (Å²) in [4.78, 5) is 13.6. The topological polar surface area (TPSA) is 72.3 Å². The number of hydrogen-bond acceptors (Lipinski definition) is 3. The van der Waals surface area contributed by atoms with E-state index in [0.717, 1.165) is 24.1 Å². The summed E-state index contributed by atoms with van der Waals surface area (Å²) in [7, 11) is 0. The number of nitrogen functional groups attached to an aromatic ring is 1. The molecule has 1 amide bonds. The first-order valence-corrected chi connectivity index (χ1v) is 6.97. The summed E-state index contributed by atoms with van der Waals surface area (Å²) < 4.78 is 0. The van der Waals surface area contributed by atoms with Gasteiger partial charge in [-0.05, 0) is 37.5 Å². The Bertz CT molecular complexity index is 441. The molecule has 1 aliphatic rings. The van der Waals surface area contributed by atoms with Gasteiger partial charge in [0.1, 0.15) is 0 Å². The lowest BCUT2D eigenvalue weighted by atomic mass is 10.0. The molecule has 0 bridgehead atoms. The van der Waals surface area contributed by atoms with Crippen molar-refractivity contribution in [1.29, 1.82) is 0 Å². The Kier molecular flexibility index (Phi) is 4.43. The van der Waals surface area contributed by atoms with E-state index in [2.05, 4.69) is 17.9 Å². The van der Waals surface area contributed by atoms with Gasteiger partial charge in [-0.3, -0.25) is 9.69 Å². The molecule has 1 aromatic carbocycles. The van der Waals surface area contributed by atoms with E-state index in [-0.39, 0.29) is 11.9 Å². The lowest BCUT2D eigenvalue weighted by molar-refractivity contribution is -0.120. The molecule has 4 nitrogen and oxygen atoms in total. The van der Waals surface area contributed by atoms with Gasteiger partial charge in [0, 0.05) is 17.8 Å². The van der Waals surface area contributed by atoms with Crippen LogP contribution in [0.5, 0.6) is 0 Å². The van der Waals surface area contributed by atoms with Crippen molar-refractivity contribution in [2.45, 2.75) is 44.7 Å². The highest BCUT2D eigenvalue weighted by molar-refractivity contribution is 5.76. The molecule has 1 aromatic rings. The highest BCUT2D eigenvalue weighted by Gasteiger charge is 2.28. The van der Waals surface area contributed by atoms with Gasteiger partial charge < -0.3 is 11.5 Å². The van der Waals surface area contributed by atoms with Crippen LogP contribution in [0.1, 0.15) is 44.2 Å². The fourth-order valence-corrected chi connectivity index (χ4v) is 3.01. The first-order valence-electron chi connectivity index (χ1n) is 6.97. The molecule has 0 saturated heterocycles. The molecule has 1 saturated carbocycles. The van der Waals surface area contributed by atoms with Crippen LogP contribution in [0.4, 0.5) is 5.69 Å². The average molecular weight is 261 g/mol. The molecular weight excluding hydrogens is 238 g/mol. The van der Waals surface area contributed by atoms with Crippen molar-refractivity contribution in [3.8, 4) is 0 Å². The summed E-state index contributed by atoms with van der Waals surface area (Å²) in [6.07, 6.45) is 4.78. The summed E-state index contributed by atoms with van der Waals surface area (Å²) >= 11 is 0. The zero-order valence-electron chi connectivity index (χ0n) is 11.5. The van der Waals surface area contributed by atoms with Crippen molar-refractivity contribution < 1.29 is 4.79 Å². The SMILES string of the molecule is CC(c1cccc(N)c1)N(CC(N)=O)C1CCCC1. The predicted molar refractivity (Wildman–Crippen MR) is 77.4 cm³/mol. The van der Waals surface area contributed by atoms with Gasteiger partial charge in [-0.15, -0.1) is 0 Å². The van der Waals surface area contributed by atoms with Crippen molar-refractivity contribution in [3.63, 3.8) is 0 Å². The van der Waals surface area contributed by atoms with Gasteiger partial charge in [-0.1, -0.05) is 25.0 Å². The van der Waals surface area contributed by atoms with E-state index in [1.165, 1.54) is 12.8 Å². The van der Waals surface area contributed by atoms with Crippen LogP contribution in [0.2, 0.25) is 0 Å². The van der Waals surface area contributed by atoms with Gasteiger partial charge in [0.2, 0.25) is 5.91 Å². The first kappa shape index (κ1) is 13.9. The van der Waals surface area contributed by atoms with E-state index in [1.54, 1.807) is 0 Å². The van der Waals surface area contributed by atoms with Crippen LogP contribution in [0.25, 0.3) is 0 Å². The number of benzene rings is 1. The molecule has 104 valence electrons. The quantitative estimate of drug-likeness (QED) is 0.797. The Labute approximate surface area is 114 Å². The average Bonchev–Trinajstić information content (AvgIpc) is 2.88. The molecule has 4 heteroatoms. The minimum atomic E-state index is -0.261. The number of primary amides is 1. The fourth-order valence-electron chi connectivity index (χ4n) is 3.01. The van der Waals surface area contributed by atoms with Crippen LogP contribution in [-0.2, 0) is 4.79 Å². The maximum atomic E-state index is 11.3. The van der Waals surface area contributed by atoms with Gasteiger partial charge in [-0.25, -0.2) is 0 Å². The summed E-state index contributed by atoms with van der Waals surface area (Å²) in [6, 6.07) is 8.50. The summed E-state index contributed by atoms with van der Waals surface area (Å²) in [5.41, 5.74) is 13.1. The van der Waals surface area contributed by atoms with Crippen LogP contribution in [0.15, 0.2) is 24.3 Å². The summed E-state index contributed by atoms with van der Waals surface area (Å²) in [5, 5.41) is 0. The standard InChI is InChI=1S/C15H23N3O/c1-11(12-5-4-6-13(16)9-12)18(10-15(17)19)14-7-2-3-8-14/h4-6,9,11,14H,2-3,7-8,10,16H2,1H3,(H2,17,19). The minimum Gasteiger partial charge on any atom is -0.399 e. The molecule has 1 unspecified atom stereocenters. The number of carbonyl (C=O) groups is 1. The number of nitrogens with two attached hydrogens (primary N) is 2. The van der Waals surface area contributed by atoms with Crippen molar-refractivity contribution in [3.05, 3.63) is 29.8 Å². The van der Waals surface area contributed by atoms with Gasteiger partial charge in [0.05, 0.1) is 6.54 Å². The Morgan fingerprint density at radius 2 is 2.11 bits per heavy atom. The van der Waals surface area contributed by atoms with Gasteiger partial charge in [0.15, 0.2) is 0 Å². The summed E-state index contributed by atoms with van der Waals surface area (Å²) in [5.74, 6) is -0.261. The molecule has 0 spiro atoms. The monoisotopic (exact) mass is 261 g/mol. The normalized spacial score (nSPS) is 17.8. The third-order valence-electron chi connectivity index (χ3n) is 4.02. The fraction of sp³-hybridized carbons (Fsp3) is 0.533. The second-order valence-electron chi connectivity index (χ2n) is 5.42. The van der Waals surface area contributed by atoms with Crippen LogP contribution < -0.4 is 11.5 Å². The van der Waals surface area contributed by atoms with Gasteiger partial charge in [0.25, 0.3) is 0 Å². The Morgan fingerprint density at radius 1 is 1.42 bits per heavy atom. The van der Waals surface area contributed by atoms with Crippen molar-refractivity contribution in [2.24, 2.45) is 5.73 Å². The van der Waals surface area contributed by atoms with Gasteiger partial charge >= 0.3 is 0 Å². The Morgan fingerprint density at radius 3 is 2.68 bits per heavy atom. The highest BCUT2D eigenvalue weighted by atomic mass is 16.1. The van der Waals surface area contributed by atoms with Crippen LogP contribution in [-0.4, -0.2) is 23.4 Å². The number of hydrogen-bond donors (Lipinski definition) is 2. The van der Waals surface area contributed by atoms with Crippen LogP contribution in [0, 0.1) is 0 Å². The van der Waals surface area contributed by atoms with E-state index in [4.69, 9.17) is 11.5 Å². The van der Waals surface area contributed by atoms with E-state index in [1.807, 2.05) is 18.2 Å². The second kappa shape index (κ2) is 6.06. The predicted octanol–water partition coefficient (Wildman–Crippen LogP) is 2.06. The van der Waals surface area contributed by atoms with Gasteiger partial charge in [-0.2, -0.15) is 0 Å². The smallest absolute Gasteiger partial charge is 0.231 e. The molecule has 0 aliphatic heterocycles. The minimum absolute atomic E-state index is 0.166. The van der Waals surface area contributed by atoms with Crippen molar-refractivity contribution in [2.75, 3.05) is 12.3 Å². The highest BCUT2D eigenvalue weighted by Crippen LogP contribution is 2.31. The zero-order chi connectivity index (χ0) is 13.8. The number of rotatable bonds is 5. The van der Waals surface area contributed by atoms with E-state index < -0.39 is 0 Å². The number of amides is 1. The van der Waals surface area contributed by atoms with Crippen LogP contribution >= 0.6 is 0 Å².